The number of carbonyl (C=O) groups excluding carboxylic acids is 1. The summed E-state index contributed by atoms with van der Waals surface area (Å²) in [6.45, 7) is 2.39. The second-order valence-electron chi connectivity index (χ2n) is 4.99. The van der Waals surface area contributed by atoms with Gasteiger partial charge in [-0.2, -0.15) is 5.10 Å². The molecule has 0 fully saturated rings. The van der Waals surface area contributed by atoms with Crippen molar-refractivity contribution >= 4 is 5.91 Å². The Kier molecular flexibility index (Phi) is 5.37. The van der Waals surface area contributed by atoms with E-state index in [2.05, 4.69) is 10.4 Å². The van der Waals surface area contributed by atoms with Crippen molar-refractivity contribution in [1.82, 2.24) is 15.1 Å². The Morgan fingerprint density at radius 2 is 2.14 bits per heavy atom. The van der Waals surface area contributed by atoms with E-state index in [-0.39, 0.29) is 5.91 Å². The Labute approximate surface area is 124 Å². The normalized spacial score (nSPS) is 11.9. The standard InChI is InChI=1S/C16H21N3O2/c1-13(21-15-8-4-3-5-9-15)16(20)17-10-6-7-14-11-18-19(2)12-14/h3-5,8-9,11-13H,6-7,10H2,1-2H3,(H,17,20). The Balaban J connectivity index is 1.67. The van der Waals surface area contributed by atoms with Crippen LogP contribution in [-0.2, 0) is 18.3 Å². The average molecular weight is 287 g/mol. The van der Waals surface area contributed by atoms with Crippen molar-refractivity contribution in [2.24, 2.45) is 7.05 Å². The molecule has 0 aliphatic rings. The molecule has 112 valence electrons. The number of ether oxygens (including phenoxy) is 1. The number of rotatable bonds is 7. The first-order valence-corrected chi connectivity index (χ1v) is 7.12. The van der Waals surface area contributed by atoms with Gasteiger partial charge in [0.1, 0.15) is 5.75 Å². The van der Waals surface area contributed by atoms with Gasteiger partial charge in [0, 0.05) is 19.8 Å². The maximum atomic E-state index is 11.9. The molecular formula is C16H21N3O2. The SMILES string of the molecule is CC(Oc1ccccc1)C(=O)NCCCc1cnn(C)c1. The van der Waals surface area contributed by atoms with Crippen LogP contribution in [-0.4, -0.2) is 28.3 Å². The molecule has 0 bridgehead atoms. The van der Waals surface area contributed by atoms with Crippen LogP contribution < -0.4 is 10.1 Å². The third kappa shape index (κ3) is 4.95. The van der Waals surface area contributed by atoms with E-state index in [1.54, 1.807) is 11.6 Å². The lowest BCUT2D eigenvalue weighted by Crippen LogP contribution is -2.36. The third-order valence-electron chi connectivity index (χ3n) is 3.13. The van der Waals surface area contributed by atoms with Crippen LogP contribution in [0.15, 0.2) is 42.7 Å². The first-order chi connectivity index (χ1) is 10.1. The molecule has 2 rings (SSSR count). The monoisotopic (exact) mass is 287 g/mol. The molecule has 1 aromatic heterocycles. The lowest BCUT2D eigenvalue weighted by Gasteiger charge is -2.14. The fourth-order valence-electron chi connectivity index (χ4n) is 2.01. The van der Waals surface area contributed by atoms with Gasteiger partial charge in [-0.25, -0.2) is 0 Å². The van der Waals surface area contributed by atoms with Crippen LogP contribution in [0.4, 0.5) is 0 Å². The lowest BCUT2D eigenvalue weighted by molar-refractivity contribution is -0.127. The van der Waals surface area contributed by atoms with E-state index in [0.717, 1.165) is 12.8 Å². The minimum absolute atomic E-state index is 0.0926. The molecule has 1 amide bonds. The summed E-state index contributed by atoms with van der Waals surface area (Å²) in [5.41, 5.74) is 1.18. The number of benzene rings is 1. The maximum absolute atomic E-state index is 11.9. The molecule has 0 saturated heterocycles. The Morgan fingerprint density at radius 1 is 1.38 bits per heavy atom. The van der Waals surface area contributed by atoms with Gasteiger partial charge < -0.3 is 10.1 Å². The number of carbonyl (C=O) groups is 1. The highest BCUT2D eigenvalue weighted by molar-refractivity contribution is 5.80. The molecule has 2 aromatic rings. The zero-order valence-electron chi connectivity index (χ0n) is 12.5. The number of nitrogens with one attached hydrogen (secondary N) is 1. The van der Waals surface area contributed by atoms with E-state index < -0.39 is 6.10 Å². The molecule has 0 aliphatic carbocycles. The maximum Gasteiger partial charge on any atom is 0.260 e. The molecule has 0 spiro atoms. The topological polar surface area (TPSA) is 56.1 Å². The fourth-order valence-corrected chi connectivity index (χ4v) is 2.01. The van der Waals surface area contributed by atoms with Gasteiger partial charge in [-0.1, -0.05) is 18.2 Å². The molecule has 5 heteroatoms. The molecule has 0 saturated carbocycles. The van der Waals surface area contributed by atoms with Crippen molar-refractivity contribution in [1.29, 1.82) is 0 Å². The Bertz CT molecular complexity index is 566. The lowest BCUT2D eigenvalue weighted by atomic mass is 10.2. The number of aryl methyl sites for hydroxylation is 2. The molecule has 21 heavy (non-hydrogen) atoms. The number of amides is 1. The van der Waals surface area contributed by atoms with Gasteiger partial charge in [0.15, 0.2) is 6.10 Å². The smallest absolute Gasteiger partial charge is 0.260 e. The fraction of sp³-hybridized carbons (Fsp3) is 0.375. The van der Waals surface area contributed by atoms with E-state index >= 15 is 0 Å². The molecule has 1 N–H and O–H groups in total. The summed E-state index contributed by atoms with van der Waals surface area (Å²) < 4.78 is 7.35. The van der Waals surface area contributed by atoms with E-state index in [4.69, 9.17) is 4.74 Å². The predicted octanol–water partition coefficient (Wildman–Crippen LogP) is 1.94. The highest BCUT2D eigenvalue weighted by Gasteiger charge is 2.13. The highest BCUT2D eigenvalue weighted by atomic mass is 16.5. The minimum Gasteiger partial charge on any atom is -0.481 e. The largest absolute Gasteiger partial charge is 0.481 e. The summed E-state index contributed by atoms with van der Waals surface area (Å²) in [6, 6.07) is 9.36. The average Bonchev–Trinajstić information content (AvgIpc) is 2.90. The summed E-state index contributed by atoms with van der Waals surface area (Å²) in [5, 5.41) is 7.00. The number of hydrogen-bond donors (Lipinski definition) is 1. The van der Waals surface area contributed by atoms with Crippen molar-refractivity contribution in [2.45, 2.75) is 25.9 Å². The van der Waals surface area contributed by atoms with Crippen LogP contribution in [0.1, 0.15) is 18.9 Å². The van der Waals surface area contributed by atoms with Crippen molar-refractivity contribution in [3.05, 3.63) is 48.3 Å². The minimum atomic E-state index is -0.495. The second-order valence-corrected chi connectivity index (χ2v) is 4.99. The summed E-state index contributed by atoms with van der Waals surface area (Å²) >= 11 is 0. The van der Waals surface area contributed by atoms with Crippen molar-refractivity contribution in [3.8, 4) is 5.75 Å². The molecule has 1 unspecified atom stereocenters. The van der Waals surface area contributed by atoms with Gasteiger partial charge >= 0.3 is 0 Å². The molecule has 5 nitrogen and oxygen atoms in total. The third-order valence-corrected chi connectivity index (χ3v) is 3.13. The van der Waals surface area contributed by atoms with E-state index in [9.17, 15) is 4.79 Å². The Morgan fingerprint density at radius 3 is 2.81 bits per heavy atom. The summed E-state index contributed by atoms with van der Waals surface area (Å²) in [5.74, 6) is 0.612. The van der Waals surface area contributed by atoms with Gasteiger partial charge in [-0.3, -0.25) is 9.48 Å². The van der Waals surface area contributed by atoms with E-state index in [0.29, 0.717) is 12.3 Å². The van der Waals surface area contributed by atoms with Gasteiger partial charge in [-0.15, -0.1) is 0 Å². The first kappa shape index (κ1) is 15.1. The van der Waals surface area contributed by atoms with Crippen LogP contribution >= 0.6 is 0 Å². The van der Waals surface area contributed by atoms with Crippen LogP contribution in [0.2, 0.25) is 0 Å². The summed E-state index contributed by atoms with van der Waals surface area (Å²) in [4.78, 5) is 11.9. The number of para-hydroxylation sites is 1. The Hall–Kier alpha value is -2.30. The van der Waals surface area contributed by atoms with Crippen molar-refractivity contribution in [3.63, 3.8) is 0 Å². The zero-order chi connectivity index (χ0) is 15.1. The van der Waals surface area contributed by atoms with Crippen LogP contribution in [0.25, 0.3) is 0 Å². The van der Waals surface area contributed by atoms with Crippen LogP contribution in [0.5, 0.6) is 5.75 Å². The number of nitrogens with zero attached hydrogens (tertiary/aromatic N) is 2. The molecule has 1 atom stereocenters. The van der Waals surface area contributed by atoms with Crippen molar-refractivity contribution in [2.75, 3.05) is 6.54 Å². The molecule has 1 aromatic carbocycles. The molecule has 0 aliphatic heterocycles. The highest BCUT2D eigenvalue weighted by Crippen LogP contribution is 2.10. The first-order valence-electron chi connectivity index (χ1n) is 7.12. The molecule has 0 radical (unpaired) electrons. The molecule has 1 heterocycles. The van der Waals surface area contributed by atoms with Gasteiger partial charge in [-0.05, 0) is 37.5 Å². The van der Waals surface area contributed by atoms with E-state index in [1.807, 2.05) is 49.8 Å². The van der Waals surface area contributed by atoms with E-state index in [1.165, 1.54) is 5.56 Å². The van der Waals surface area contributed by atoms with Gasteiger partial charge in [0.25, 0.3) is 5.91 Å². The van der Waals surface area contributed by atoms with Crippen LogP contribution in [0.3, 0.4) is 0 Å². The van der Waals surface area contributed by atoms with Gasteiger partial charge in [0.2, 0.25) is 0 Å². The second kappa shape index (κ2) is 7.47. The molecular weight excluding hydrogens is 266 g/mol. The van der Waals surface area contributed by atoms with Crippen LogP contribution in [0, 0.1) is 0 Å². The summed E-state index contributed by atoms with van der Waals surface area (Å²) in [6.07, 6.45) is 5.13. The predicted molar refractivity (Wildman–Crippen MR) is 81.1 cm³/mol. The zero-order valence-corrected chi connectivity index (χ0v) is 12.5. The van der Waals surface area contributed by atoms with Gasteiger partial charge in [0.05, 0.1) is 6.20 Å². The van der Waals surface area contributed by atoms with Crippen molar-refractivity contribution < 1.29 is 9.53 Å². The quantitative estimate of drug-likeness (QED) is 0.792. The number of hydrogen-bond acceptors (Lipinski definition) is 3. The summed E-state index contributed by atoms with van der Waals surface area (Å²) in [7, 11) is 1.90. The number of aromatic nitrogens is 2.